The number of imidazole rings is 1. The van der Waals surface area contributed by atoms with Gasteiger partial charge in [0.1, 0.15) is 23.3 Å². The number of hydrogen-bond acceptors (Lipinski definition) is 7. The molecular formula is C30H47F5N6O4SSi. The van der Waals surface area contributed by atoms with Gasteiger partial charge in [-0.3, -0.25) is 0 Å². The average Bonchev–Trinajstić information content (AvgIpc) is 3.69. The predicted octanol–water partition coefficient (Wildman–Crippen LogP) is 6.31. The third-order valence-corrected chi connectivity index (χ3v) is 11.5. The highest BCUT2D eigenvalue weighted by atomic mass is 32.2. The molecule has 0 aromatic carbocycles. The molecule has 266 valence electrons. The number of amides is 2. The molecule has 4 rings (SSSR count). The molecule has 2 aliphatic rings. The van der Waals surface area contributed by atoms with Gasteiger partial charge in [0.15, 0.2) is 11.2 Å². The maximum absolute atomic E-state index is 14.4. The number of pyridine rings is 1. The molecular weight excluding hydrogens is 664 g/mol. The van der Waals surface area contributed by atoms with Gasteiger partial charge in [-0.1, -0.05) is 19.6 Å². The van der Waals surface area contributed by atoms with E-state index in [1.807, 2.05) is 0 Å². The number of halogens is 5. The zero-order valence-corrected chi connectivity index (χ0v) is 30.1. The summed E-state index contributed by atoms with van der Waals surface area (Å²) in [4.78, 5) is 23.3. The van der Waals surface area contributed by atoms with Gasteiger partial charge in [-0.2, -0.15) is 13.2 Å². The number of aromatic nitrogens is 3. The van der Waals surface area contributed by atoms with Crippen molar-refractivity contribution in [1.29, 1.82) is 0 Å². The number of alkyl halides is 5. The van der Waals surface area contributed by atoms with E-state index in [-0.39, 0.29) is 24.1 Å². The Morgan fingerprint density at radius 1 is 1.15 bits per heavy atom. The van der Waals surface area contributed by atoms with Gasteiger partial charge < -0.3 is 28.8 Å². The van der Waals surface area contributed by atoms with E-state index < -0.39 is 79.7 Å². The molecule has 1 saturated carbocycles. The zero-order chi connectivity index (χ0) is 35.2. The number of ether oxygens (including phenoxy) is 2. The van der Waals surface area contributed by atoms with E-state index in [4.69, 9.17) is 19.4 Å². The normalized spacial score (nSPS) is 20.0. The molecule has 0 spiro atoms. The number of urea groups is 1. The van der Waals surface area contributed by atoms with Crippen molar-refractivity contribution in [2.75, 3.05) is 26.3 Å². The van der Waals surface area contributed by atoms with Gasteiger partial charge in [-0.25, -0.2) is 23.5 Å². The van der Waals surface area contributed by atoms with Crippen LogP contribution in [0.2, 0.25) is 25.7 Å². The van der Waals surface area contributed by atoms with Crippen molar-refractivity contribution in [2.45, 2.75) is 114 Å². The molecule has 2 aromatic rings. The third-order valence-electron chi connectivity index (χ3n) is 8.16. The van der Waals surface area contributed by atoms with Crippen LogP contribution in [0.4, 0.5) is 26.7 Å². The number of carbonyl (C=O) groups is 1. The van der Waals surface area contributed by atoms with Crippen molar-refractivity contribution in [3.8, 4) is 0 Å². The van der Waals surface area contributed by atoms with Crippen LogP contribution >= 0.6 is 0 Å². The highest BCUT2D eigenvalue weighted by molar-refractivity contribution is 7.90. The molecule has 47 heavy (non-hydrogen) atoms. The fourth-order valence-corrected chi connectivity index (χ4v) is 6.50. The van der Waals surface area contributed by atoms with Crippen LogP contribution in [0.5, 0.6) is 0 Å². The average molecular weight is 711 g/mol. The Bertz CT molecular complexity index is 1410. The number of nitrogens with zero attached hydrogens (tertiary/aromatic N) is 4. The molecule has 1 unspecified atom stereocenters. The second-order valence-electron chi connectivity index (χ2n) is 15.1. The molecule has 2 amide bonds. The van der Waals surface area contributed by atoms with Crippen LogP contribution in [0.25, 0.3) is 11.2 Å². The monoisotopic (exact) mass is 710 g/mol. The van der Waals surface area contributed by atoms with Crippen LogP contribution in [-0.4, -0.2) is 86.8 Å². The lowest BCUT2D eigenvalue weighted by Crippen LogP contribution is -2.58. The van der Waals surface area contributed by atoms with Crippen molar-refractivity contribution in [2.24, 2.45) is 5.92 Å². The van der Waals surface area contributed by atoms with Gasteiger partial charge in [0, 0.05) is 26.0 Å². The summed E-state index contributed by atoms with van der Waals surface area (Å²) in [5.41, 5.74) is -1.48. The Balaban J connectivity index is 1.77. The van der Waals surface area contributed by atoms with Crippen molar-refractivity contribution in [3.63, 3.8) is 0 Å². The molecule has 1 aliphatic carbocycles. The van der Waals surface area contributed by atoms with Gasteiger partial charge in [-0.15, -0.1) is 4.72 Å². The van der Waals surface area contributed by atoms with Gasteiger partial charge in [-0.05, 0) is 71.6 Å². The molecule has 17 heteroatoms. The third kappa shape index (κ3) is 9.56. The van der Waals surface area contributed by atoms with E-state index in [0.717, 1.165) is 37.6 Å². The Morgan fingerprint density at radius 2 is 1.81 bits per heavy atom. The van der Waals surface area contributed by atoms with E-state index in [0.29, 0.717) is 17.8 Å². The van der Waals surface area contributed by atoms with Crippen LogP contribution < -0.4 is 10.0 Å². The fourth-order valence-electron chi connectivity index (χ4n) is 4.96. The fraction of sp³-hybridized carbons (Fsp3) is 0.767. The predicted molar refractivity (Wildman–Crippen MR) is 172 cm³/mol. The maximum Gasteiger partial charge on any atom is 0.416 e. The molecule has 1 saturated heterocycles. The summed E-state index contributed by atoms with van der Waals surface area (Å²) in [5, 5.41) is 2.27. The first-order valence-corrected chi connectivity index (χ1v) is 20.6. The maximum atomic E-state index is 14.4. The number of rotatable bonds is 14. The van der Waals surface area contributed by atoms with Crippen LogP contribution in [0.15, 0.2) is 12.1 Å². The first kappa shape index (κ1) is 37.8. The van der Waals surface area contributed by atoms with Crippen molar-refractivity contribution >= 4 is 36.6 Å². The molecule has 0 bridgehead atoms. The van der Waals surface area contributed by atoms with E-state index in [9.17, 15) is 31.3 Å². The van der Waals surface area contributed by atoms with Gasteiger partial charge >= 0.3 is 12.2 Å². The standard InChI is InChI=1S/C30H47F5N6O4SSi/c1-27(2,3)46(43)39-21(15-45-28(4,5)30(33,34)35)25-38-24-22(41(25)18-44-13-14-47(6,7)8)12-11-20(37-24)23(19-9-10-19)40-17-29(31,32)16-36-26(40)42/h11-12,19,21,23,39H,9-10,13-18H2,1-8H3,(H,36,42)/t21-,23+,46?/m0/s1. The van der Waals surface area contributed by atoms with E-state index in [2.05, 4.69) is 29.7 Å². The Hall–Kier alpha value is -2.05. The summed E-state index contributed by atoms with van der Waals surface area (Å²) in [7, 11) is -1.45. The number of carbonyl (C=O) groups excluding carboxylic acids is 1. The summed E-state index contributed by atoms with van der Waals surface area (Å²) in [5.74, 6) is -2.98. The molecule has 3 heterocycles. The second-order valence-corrected chi connectivity index (χ2v) is 22.7. The highest BCUT2D eigenvalue weighted by Gasteiger charge is 2.50. The molecule has 2 aromatic heterocycles. The van der Waals surface area contributed by atoms with Crippen molar-refractivity contribution < 1.29 is 40.8 Å². The van der Waals surface area contributed by atoms with Crippen molar-refractivity contribution in [1.82, 2.24) is 29.5 Å². The second kappa shape index (κ2) is 13.7. The molecule has 10 nitrogen and oxygen atoms in total. The van der Waals surface area contributed by atoms with E-state index in [1.165, 1.54) is 0 Å². The lowest BCUT2D eigenvalue weighted by Gasteiger charge is -2.38. The molecule has 3 atom stereocenters. The molecule has 2 fully saturated rings. The topological polar surface area (TPSA) is 117 Å². The lowest BCUT2D eigenvalue weighted by atomic mass is 10.0. The molecule has 2 N–H and O–H groups in total. The summed E-state index contributed by atoms with van der Waals surface area (Å²) in [6.45, 7) is 12.0. The number of nitrogens with one attached hydrogen (secondary N) is 2. The molecule has 1 aliphatic heterocycles. The molecule has 0 radical (unpaired) electrons. The Kier molecular flexibility index (Phi) is 11.0. The van der Waals surface area contributed by atoms with Crippen LogP contribution in [-0.2, 0) is 27.6 Å². The minimum atomic E-state index is -4.67. The van der Waals surface area contributed by atoms with E-state index in [1.54, 1.807) is 37.5 Å². The van der Waals surface area contributed by atoms with Crippen LogP contribution in [0.3, 0.4) is 0 Å². The van der Waals surface area contributed by atoms with Crippen LogP contribution in [0, 0.1) is 5.92 Å². The van der Waals surface area contributed by atoms with Crippen molar-refractivity contribution in [3.05, 3.63) is 23.7 Å². The summed E-state index contributed by atoms with van der Waals surface area (Å²) < 4.78 is 98.7. The van der Waals surface area contributed by atoms with Gasteiger partial charge in [0.25, 0.3) is 5.92 Å². The highest BCUT2D eigenvalue weighted by Crippen LogP contribution is 2.45. The van der Waals surface area contributed by atoms with Gasteiger partial charge in [0.2, 0.25) is 0 Å². The first-order valence-electron chi connectivity index (χ1n) is 15.7. The van der Waals surface area contributed by atoms with Crippen LogP contribution in [0.1, 0.15) is 71.1 Å². The Morgan fingerprint density at radius 3 is 2.38 bits per heavy atom. The SMILES string of the molecule is CC(C)(C)[S+]([O-])N[C@@H](COC(C)(C)C(F)(F)F)c1nc2nc([C@@H](C3CC3)N3CC(F)(F)CNC3=O)ccc2n1COCC[Si](C)(C)C. The largest absolute Gasteiger partial charge is 0.598 e. The zero-order valence-electron chi connectivity index (χ0n) is 28.3. The lowest BCUT2D eigenvalue weighted by molar-refractivity contribution is -0.265. The smallest absolute Gasteiger partial charge is 0.416 e. The van der Waals surface area contributed by atoms with Gasteiger partial charge in [0.05, 0.1) is 36.9 Å². The number of hydrogen-bond donors (Lipinski definition) is 2. The minimum absolute atomic E-state index is 0.0207. The minimum Gasteiger partial charge on any atom is -0.598 e. The quantitative estimate of drug-likeness (QED) is 0.102. The Labute approximate surface area is 276 Å². The summed E-state index contributed by atoms with van der Waals surface area (Å²) in [6.07, 6.45) is -3.20. The number of fused-ring (bicyclic) bond motifs is 1. The summed E-state index contributed by atoms with van der Waals surface area (Å²) in [6, 6.07) is 1.82. The summed E-state index contributed by atoms with van der Waals surface area (Å²) >= 11 is -1.73. The first-order chi connectivity index (χ1) is 21.5. The van der Waals surface area contributed by atoms with E-state index >= 15 is 0 Å².